The maximum Gasteiger partial charge on any atom is 0.224 e. The number of nitrogen functional groups attached to an aromatic ring is 1. The Kier molecular flexibility index (Phi) is 1.46. The predicted octanol–water partition coefficient (Wildman–Crippen LogP) is -0.999. The summed E-state index contributed by atoms with van der Waals surface area (Å²) in [6.45, 7) is 0. The Labute approximate surface area is 51.7 Å². The lowest BCUT2D eigenvalue weighted by atomic mass is 10.7. The number of nitrogens with zero attached hydrogens (tertiary/aromatic N) is 2. The topological polar surface area (TPSA) is 77.9 Å². The molecule has 1 aromatic heterocycles. The quantitative estimate of drug-likeness (QED) is 0.219. The number of rotatable bonds is 1. The van der Waals surface area contributed by atoms with E-state index >= 15 is 0 Å². The smallest absolute Gasteiger partial charge is 0.224 e. The molecule has 1 aromatic rings. The minimum atomic E-state index is 0.354. The molecule has 0 aliphatic rings. The van der Waals surface area contributed by atoms with Gasteiger partial charge in [-0.1, -0.05) is 0 Å². The summed E-state index contributed by atoms with van der Waals surface area (Å²) in [5.41, 5.74) is 2.24. The first-order valence-electron chi connectivity index (χ1n) is 2.34. The van der Waals surface area contributed by atoms with E-state index in [0.29, 0.717) is 10.5 Å². The normalized spacial score (nSPS) is 9.00. The summed E-state index contributed by atoms with van der Waals surface area (Å²) in [5.74, 6) is 5.31. The van der Waals surface area contributed by atoms with Crippen LogP contribution >= 0.6 is 0 Å². The Morgan fingerprint density at radius 1 is 1.78 bits per heavy atom. The van der Waals surface area contributed by atoms with E-state index in [9.17, 15) is 5.21 Å². The summed E-state index contributed by atoms with van der Waals surface area (Å²) in [6, 6.07) is 0. The van der Waals surface area contributed by atoms with Crippen molar-refractivity contribution in [1.29, 1.82) is 0 Å². The molecule has 0 aliphatic carbocycles. The summed E-state index contributed by atoms with van der Waals surface area (Å²) >= 11 is 0. The van der Waals surface area contributed by atoms with Crippen molar-refractivity contribution < 1.29 is 4.73 Å². The van der Waals surface area contributed by atoms with Gasteiger partial charge in [-0.2, -0.15) is 4.73 Å². The van der Waals surface area contributed by atoms with Crippen molar-refractivity contribution in [3.8, 4) is 0 Å². The van der Waals surface area contributed by atoms with E-state index in [1.54, 1.807) is 0 Å². The van der Waals surface area contributed by atoms with Crippen molar-refractivity contribution >= 4 is 5.82 Å². The first kappa shape index (κ1) is 5.77. The maximum atomic E-state index is 10.4. The van der Waals surface area contributed by atoms with Crippen LogP contribution in [-0.2, 0) is 0 Å². The molecule has 0 spiro atoms. The van der Waals surface area contributed by atoms with Crippen LogP contribution in [0.15, 0.2) is 18.6 Å². The van der Waals surface area contributed by atoms with E-state index in [4.69, 9.17) is 5.84 Å². The predicted molar refractivity (Wildman–Crippen MR) is 31.0 cm³/mol. The first-order valence-corrected chi connectivity index (χ1v) is 2.34. The minimum absolute atomic E-state index is 0.354. The molecule has 1 rings (SSSR count). The monoisotopic (exact) mass is 126 g/mol. The molecule has 0 aliphatic heterocycles. The lowest BCUT2D eigenvalue weighted by molar-refractivity contribution is -0.605. The van der Waals surface area contributed by atoms with Gasteiger partial charge in [0.25, 0.3) is 0 Å². The van der Waals surface area contributed by atoms with Crippen LogP contribution in [0.4, 0.5) is 5.82 Å². The molecule has 3 N–H and O–H groups in total. The third-order valence-corrected chi connectivity index (χ3v) is 0.825. The first-order chi connectivity index (χ1) is 4.33. The largest absolute Gasteiger partial charge is 0.619 e. The number of anilines is 1. The number of nitrogens with two attached hydrogens (primary N) is 1. The summed E-state index contributed by atoms with van der Waals surface area (Å²) in [5, 5.41) is 10.4. The zero-order valence-electron chi connectivity index (χ0n) is 4.61. The summed E-state index contributed by atoms with van der Waals surface area (Å²) in [7, 11) is 0. The van der Waals surface area contributed by atoms with Crippen LogP contribution in [0.5, 0.6) is 0 Å². The molecule has 0 saturated carbocycles. The highest BCUT2D eigenvalue weighted by Crippen LogP contribution is 1.89. The standard InChI is InChI=1S/C4H6N4O/c5-7-4-3-8(9)2-1-6-4/h1-3H,5H2,(H,6,7). The lowest BCUT2D eigenvalue weighted by Gasteiger charge is -1.96. The van der Waals surface area contributed by atoms with Crippen molar-refractivity contribution in [2.24, 2.45) is 5.84 Å². The molecule has 5 nitrogen and oxygen atoms in total. The summed E-state index contributed by atoms with van der Waals surface area (Å²) in [4.78, 5) is 3.70. The fourth-order valence-electron chi connectivity index (χ4n) is 0.451. The summed E-state index contributed by atoms with van der Waals surface area (Å²) < 4.78 is 0.613. The highest BCUT2D eigenvalue weighted by atomic mass is 16.5. The van der Waals surface area contributed by atoms with E-state index < -0.39 is 0 Å². The molecule has 0 bridgehead atoms. The van der Waals surface area contributed by atoms with Crippen LogP contribution < -0.4 is 16.0 Å². The number of hydrazine groups is 1. The van der Waals surface area contributed by atoms with Crippen molar-refractivity contribution in [3.05, 3.63) is 23.8 Å². The molecular formula is C4H6N4O. The lowest BCUT2D eigenvalue weighted by Crippen LogP contribution is -2.26. The van der Waals surface area contributed by atoms with Crippen LogP contribution in [0.2, 0.25) is 0 Å². The highest BCUT2D eigenvalue weighted by molar-refractivity contribution is 5.24. The van der Waals surface area contributed by atoms with Gasteiger partial charge in [0.1, 0.15) is 0 Å². The molecule has 9 heavy (non-hydrogen) atoms. The van der Waals surface area contributed by atoms with Crippen molar-refractivity contribution in [1.82, 2.24) is 4.98 Å². The maximum absolute atomic E-state index is 10.4. The van der Waals surface area contributed by atoms with E-state index in [2.05, 4.69) is 10.4 Å². The van der Waals surface area contributed by atoms with Crippen molar-refractivity contribution in [2.75, 3.05) is 5.43 Å². The van der Waals surface area contributed by atoms with Gasteiger partial charge in [0.05, 0.1) is 6.20 Å². The molecule has 48 valence electrons. The van der Waals surface area contributed by atoms with Gasteiger partial charge in [-0.05, 0) is 0 Å². The van der Waals surface area contributed by atoms with E-state index in [0.717, 1.165) is 0 Å². The molecule has 0 radical (unpaired) electrons. The second-order valence-corrected chi connectivity index (χ2v) is 1.45. The van der Waals surface area contributed by atoms with Gasteiger partial charge >= 0.3 is 0 Å². The van der Waals surface area contributed by atoms with Gasteiger partial charge in [-0.25, -0.2) is 10.8 Å². The molecular weight excluding hydrogens is 120 g/mol. The molecule has 0 unspecified atom stereocenters. The van der Waals surface area contributed by atoms with Gasteiger partial charge in [-0.15, -0.1) is 0 Å². The fourth-order valence-corrected chi connectivity index (χ4v) is 0.451. The van der Waals surface area contributed by atoms with Crippen LogP contribution in [0, 0.1) is 5.21 Å². The zero-order valence-corrected chi connectivity index (χ0v) is 4.61. The molecule has 0 saturated heterocycles. The molecule has 0 atom stereocenters. The molecule has 1 heterocycles. The van der Waals surface area contributed by atoms with E-state index in [-0.39, 0.29) is 0 Å². The van der Waals surface area contributed by atoms with E-state index in [1.807, 2.05) is 0 Å². The Morgan fingerprint density at radius 2 is 2.56 bits per heavy atom. The Morgan fingerprint density at radius 3 is 3.00 bits per heavy atom. The number of hydrogen-bond donors (Lipinski definition) is 2. The van der Waals surface area contributed by atoms with Crippen LogP contribution in [0.25, 0.3) is 0 Å². The second kappa shape index (κ2) is 2.27. The molecule has 0 aromatic carbocycles. The molecule has 5 heteroatoms. The Bertz CT molecular complexity index is 202. The van der Waals surface area contributed by atoms with Crippen LogP contribution in [0.1, 0.15) is 0 Å². The number of hydrogen-bond acceptors (Lipinski definition) is 4. The Hall–Kier alpha value is -1.36. The third kappa shape index (κ3) is 1.26. The van der Waals surface area contributed by atoms with Gasteiger partial charge in [0.2, 0.25) is 12.0 Å². The van der Waals surface area contributed by atoms with Crippen LogP contribution in [0.3, 0.4) is 0 Å². The van der Waals surface area contributed by atoms with Gasteiger partial charge in [-0.3, -0.25) is 0 Å². The SMILES string of the molecule is NNc1c[n+]([O-])ccn1. The van der Waals surface area contributed by atoms with Crippen LogP contribution in [-0.4, -0.2) is 4.98 Å². The molecule has 0 fully saturated rings. The van der Waals surface area contributed by atoms with Gasteiger partial charge < -0.3 is 10.6 Å². The Balaban J connectivity index is 2.94. The zero-order chi connectivity index (χ0) is 6.69. The number of nitrogens with one attached hydrogen (secondary N) is 1. The van der Waals surface area contributed by atoms with Crippen molar-refractivity contribution in [3.63, 3.8) is 0 Å². The minimum Gasteiger partial charge on any atom is -0.619 e. The van der Waals surface area contributed by atoms with Crippen molar-refractivity contribution in [2.45, 2.75) is 0 Å². The van der Waals surface area contributed by atoms with Gasteiger partial charge in [0.15, 0.2) is 6.20 Å². The summed E-state index contributed by atoms with van der Waals surface area (Å²) in [6.07, 6.45) is 3.88. The van der Waals surface area contributed by atoms with E-state index in [1.165, 1.54) is 18.6 Å². The van der Waals surface area contributed by atoms with Gasteiger partial charge in [0, 0.05) is 0 Å². The average Bonchev–Trinajstić information content (AvgIpc) is 1.88. The fraction of sp³-hybridized carbons (Fsp3) is 0. The average molecular weight is 126 g/mol. The molecule has 0 amide bonds. The second-order valence-electron chi connectivity index (χ2n) is 1.45. The third-order valence-electron chi connectivity index (χ3n) is 0.825. The highest BCUT2D eigenvalue weighted by Gasteiger charge is 1.91. The number of aromatic nitrogens is 2.